The van der Waals surface area contributed by atoms with E-state index in [4.69, 9.17) is 19.4 Å². The second-order valence-electron chi connectivity index (χ2n) is 3.96. The van der Waals surface area contributed by atoms with Gasteiger partial charge in [-0.25, -0.2) is 4.79 Å². The van der Waals surface area contributed by atoms with E-state index in [1.807, 2.05) is 0 Å². The Morgan fingerprint density at radius 1 is 1.56 bits per heavy atom. The molecule has 0 unspecified atom stereocenters. The maximum absolute atomic E-state index is 12.2. The molecule has 1 aromatic rings. The monoisotopic (exact) mass is 260 g/mol. The summed E-state index contributed by atoms with van der Waals surface area (Å²) in [7, 11) is 0. The van der Waals surface area contributed by atoms with Crippen molar-refractivity contribution in [2.75, 3.05) is 6.61 Å². The van der Waals surface area contributed by atoms with Gasteiger partial charge in [0.05, 0.1) is 6.61 Å². The van der Waals surface area contributed by atoms with Crippen molar-refractivity contribution in [2.45, 2.75) is 24.5 Å². The smallest absolute Gasteiger partial charge is 0.331 e. The molecule has 100 valence electrons. The molecule has 1 saturated heterocycles. The highest BCUT2D eigenvalue weighted by Crippen LogP contribution is 2.27. The molecule has 1 aliphatic rings. The second kappa shape index (κ2) is 4.65. The van der Waals surface area contributed by atoms with Crippen molar-refractivity contribution in [1.29, 1.82) is 5.41 Å². The Morgan fingerprint density at radius 2 is 2.28 bits per heavy atom. The van der Waals surface area contributed by atoms with Crippen LogP contribution in [0.25, 0.3) is 0 Å². The topological polar surface area (TPSA) is 121 Å². The standard InChI is InChI=1S/C10H15N3O5/c1-12-6(11)2-3-13(10(12)17)9-8(16)7(15)5(4-14)18-9/h2-3,5,7-9,11,14-16H,4H2,1H3/t5-,7-,8-,9-/m1/s1/i1D3. The third-order valence-electron chi connectivity index (χ3n) is 2.84. The van der Waals surface area contributed by atoms with E-state index in [1.165, 1.54) is 0 Å². The van der Waals surface area contributed by atoms with Gasteiger partial charge in [-0.3, -0.25) is 14.5 Å². The molecule has 18 heavy (non-hydrogen) atoms. The van der Waals surface area contributed by atoms with Crippen LogP contribution in [-0.2, 0) is 11.7 Å². The first kappa shape index (κ1) is 9.45. The van der Waals surface area contributed by atoms with E-state index in [0.717, 1.165) is 16.8 Å². The highest BCUT2D eigenvalue weighted by Gasteiger charge is 2.43. The van der Waals surface area contributed by atoms with Crippen molar-refractivity contribution in [2.24, 2.45) is 6.98 Å². The molecule has 0 radical (unpaired) electrons. The lowest BCUT2D eigenvalue weighted by Crippen LogP contribution is -2.41. The fraction of sp³-hybridized carbons (Fsp3) is 0.600. The molecule has 0 bridgehead atoms. The summed E-state index contributed by atoms with van der Waals surface area (Å²) in [5.74, 6) is 0. The van der Waals surface area contributed by atoms with Crippen LogP contribution in [0.4, 0.5) is 0 Å². The molecule has 1 fully saturated rings. The summed E-state index contributed by atoms with van der Waals surface area (Å²) in [5, 5.41) is 36.0. The molecule has 1 aliphatic heterocycles. The molecule has 4 N–H and O–H groups in total. The van der Waals surface area contributed by atoms with Crippen molar-refractivity contribution in [3.63, 3.8) is 0 Å². The van der Waals surface area contributed by atoms with Crippen LogP contribution in [0.2, 0.25) is 0 Å². The molecule has 2 rings (SSSR count). The van der Waals surface area contributed by atoms with E-state index in [1.54, 1.807) is 0 Å². The third kappa shape index (κ3) is 1.89. The Hall–Kier alpha value is -1.48. The quantitative estimate of drug-likeness (QED) is 0.460. The second-order valence-corrected chi connectivity index (χ2v) is 3.96. The summed E-state index contributed by atoms with van der Waals surface area (Å²) in [6.07, 6.45) is -4.27. The van der Waals surface area contributed by atoms with Gasteiger partial charge >= 0.3 is 5.69 Å². The van der Waals surface area contributed by atoms with Gasteiger partial charge in [0.15, 0.2) is 6.23 Å². The molecule has 4 atom stereocenters. The summed E-state index contributed by atoms with van der Waals surface area (Å²) in [6.45, 7) is -3.44. The average Bonchev–Trinajstić information content (AvgIpc) is 2.65. The fourth-order valence-corrected chi connectivity index (χ4v) is 1.81. The molecule has 0 spiro atoms. The van der Waals surface area contributed by atoms with E-state index in [2.05, 4.69) is 0 Å². The van der Waals surface area contributed by atoms with Crippen LogP contribution in [-0.4, -0.2) is 49.4 Å². The van der Waals surface area contributed by atoms with Gasteiger partial charge < -0.3 is 20.1 Å². The highest BCUT2D eigenvalue weighted by atomic mass is 16.6. The number of aromatic nitrogens is 2. The Bertz CT molecular complexity index is 640. The maximum Gasteiger partial charge on any atom is 0.331 e. The molecule has 0 aromatic carbocycles. The minimum absolute atomic E-state index is 0.266. The maximum atomic E-state index is 12.2. The van der Waals surface area contributed by atoms with E-state index in [0.29, 0.717) is 0 Å². The number of rotatable bonds is 2. The van der Waals surface area contributed by atoms with Crippen molar-refractivity contribution >= 4 is 0 Å². The van der Waals surface area contributed by atoms with Crippen LogP contribution in [0.15, 0.2) is 17.1 Å². The number of hydrogen-bond donors (Lipinski definition) is 4. The molecule has 8 nitrogen and oxygen atoms in total. The minimum Gasteiger partial charge on any atom is -0.394 e. The Balaban J connectivity index is 2.53. The lowest BCUT2D eigenvalue weighted by atomic mass is 10.1. The third-order valence-corrected chi connectivity index (χ3v) is 2.84. The van der Waals surface area contributed by atoms with Crippen molar-refractivity contribution in [3.05, 3.63) is 28.2 Å². The zero-order valence-corrected chi connectivity index (χ0v) is 9.22. The van der Waals surface area contributed by atoms with Crippen LogP contribution in [0.5, 0.6) is 0 Å². The van der Waals surface area contributed by atoms with Gasteiger partial charge in [0.2, 0.25) is 0 Å². The predicted molar refractivity (Wildman–Crippen MR) is 58.5 cm³/mol. The normalized spacial score (nSPS) is 34.9. The summed E-state index contributed by atoms with van der Waals surface area (Å²) >= 11 is 0. The number of nitrogens with zero attached hydrogens (tertiary/aromatic N) is 2. The lowest BCUT2D eigenvalue weighted by Gasteiger charge is -2.18. The molecular weight excluding hydrogens is 242 g/mol. The van der Waals surface area contributed by atoms with Crippen molar-refractivity contribution < 1.29 is 24.2 Å². The first-order valence-corrected chi connectivity index (χ1v) is 5.20. The van der Waals surface area contributed by atoms with Gasteiger partial charge in [-0.05, 0) is 6.07 Å². The van der Waals surface area contributed by atoms with E-state index >= 15 is 0 Å². The largest absolute Gasteiger partial charge is 0.394 e. The zero-order chi connectivity index (χ0) is 15.9. The molecular formula is C10H15N3O5. The molecule has 0 amide bonds. The molecule has 8 heteroatoms. The number of aliphatic hydroxyl groups excluding tert-OH is 3. The summed E-state index contributed by atoms with van der Waals surface area (Å²) < 4.78 is 28.0. The van der Waals surface area contributed by atoms with Crippen molar-refractivity contribution in [1.82, 2.24) is 9.13 Å². The van der Waals surface area contributed by atoms with Crippen LogP contribution in [0, 0.1) is 5.41 Å². The van der Waals surface area contributed by atoms with Crippen LogP contribution >= 0.6 is 0 Å². The van der Waals surface area contributed by atoms with Gasteiger partial charge in [0.1, 0.15) is 23.8 Å². The van der Waals surface area contributed by atoms with Crippen LogP contribution in [0.3, 0.4) is 0 Å². The lowest BCUT2D eigenvalue weighted by molar-refractivity contribution is -0.0555. The molecule has 1 aromatic heterocycles. The van der Waals surface area contributed by atoms with E-state index < -0.39 is 49.3 Å². The van der Waals surface area contributed by atoms with Gasteiger partial charge in [0.25, 0.3) is 0 Å². The number of aliphatic hydroxyl groups is 3. The molecule has 0 saturated carbocycles. The number of nitrogens with one attached hydrogen (secondary N) is 1. The molecule has 2 heterocycles. The Labute approximate surface area is 106 Å². The predicted octanol–water partition coefficient (Wildman–Crippen LogP) is -2.72. The first-order chi connectivity index (χ1) is 9.68. The van der Waals surface area contributed by atoms with Gasteiger partial charge in [-0.1, -0.05) is 0 Å². The van der Waals surface area contributed by atoms with Crippen LogP contribution in [0.1, 0.15) is 10.3 Å². The summed E-state index contributed by atoms with van der Waals surface area (Å²) in [4.78, 5) is 12.2. The summed E-state index contributed by atoms with van der Waals surface area (Å²) in [6, 6.07) is 1.06. The summed E-state index contributed by atoms with van der Waals surface area (Å²) in [5.41, 5.74) is -1.61. The van der Waals surface area contributed by atoms with Crippen LogP contribution < -0.4 is 11.2 Å². The van der Waals surface area contributed by atoms with Gasteiger partial charge in [-0.15, -0.1) is 0 Å². The fourth-order valence-electron chi connectivity index (χ4n) is 1.81. The van der Waals surface area contributed by atoms with Gasteiger partial charge in [0, 0.05) is 17.3 Å². The Kier molecular flexibility index (Phi) is 2.44. The first-order valence-electron chi connectivity index (χ1n) is 6.70. The zero-order valence-electron chi connectivity index (χ0n) is 12.2. The molecule has 0 aliphatic carbocycles. The average molecular weight is 260 g/mol. The number of hydrogen-bond acceptors (Lipinski definition) is 6. The van der Waals surface area contributed by atoms with Gasteiger partial charge in [-0.2, -0.15) is 0 Å². The Morgan fingerprint density at radius 3 is 2.83 bits per heavy atom. The minimum atomic E-state index is -2.87. The number of ether oxygens (including phenoxy) is 1. The SMILES string of the molecule is [2H]C([2H])([2H])n1c(=N)ccn([C@@H]2O[C@H](CO)[C@@H](O)[C@H]2O)c1=O. The van der Waals surface area contributed by atoms with E-state index in [9.17, 15) is 15.0 Å². The van der Waals surface area contributed by atoms with E-state index in [-0.39, 0.29) is 4.57 Å². The van der Waals surface area contributed by atoms with Crippen molar-refractivity contribution in [3.8, 4) is 0 Å². The highest BCUT2D eigenvalue weighted by molar-refractivity contribution is 4.93.